The van der Waals surface area contributed by atoms with Gasteiger partial charge in [-0.1, -0.05) is 24.4 Å². The Morgan fingerprint density at radius 2 is 1.96 bits per heavy atom. The van der Waals surface area contributed by atoms with E-state index in [1.165, 1.54) is 43.5 Å². The first-order valence-electron chi connectivity index (χ1n) is 9.58. The Bertz CT molecular complexity index is 734. The Labute approximate surface area is 161 Å². The van der Waals surface area contributed by atoms with Gasteiger partial charge in [-0.15, -0.1) is 12.4 Å². The van der Waals surface area contributed by atoms with Gasteiger partial charge in [0, 0.05) is 37.1 Å². The summed E-state index contributed by atoms with van der Waals surface area (Å²) in [4.78, 5) is 7.03. The molecule has 4 rings (SSSR count). The van der Waals surface area contributed by atoms with Crippen molar-refractivity contribution < 1.29 is 4.52 Å². The lowest BCUT2D eigenvalue weighted by molar-refractivity contribution is 0.190. The lowest BCUT2D eigenvalue weighted by atomic mass is 9.95. The summed E-state index contributed by atoms with van der Waals surface area (Å²) in [5, 5.41) is 7.70. The number of nitrogens with one attached hydrogen (secondary N) is 1. The summed E-state index contributed by atoms with van der Waals surface area (Å²) in [5.74, 6) is 1.44. The molecule has 1 saturated heterocycles. The molecule has 1 aliphatic heterocycles. The smallest absolute Gasteiger partial charge is 0.259 e. The van der Waals surface area contributed by atoms with Crippen molar-refractivity contribution in [1.29, 1.82) is 0 Å². The van der Waals surface area contributed by atoms with E-state index in [1.54, 1.807) is 0 Å². The lowest BCUT2D eigenvalue weighted by Crippen LogP contribution is -2.44. The number of aromatic nitrogens is 3. The quantitative estimate of drug-likeness (QED) is 0.881. The van der Waals surface area contributed by atoms with Crippen molar-refractivity contribution in [3.8, 4) is 11.5 Å². The number of nitrogens with zero attached hydrogens (tertiary/aromatic N) is 4. The van der Waals surface area contributed by atoms with Crippen molar-refractivity contribution in [3.05, 3.63) is 23.3 Å². The molecule has 7 heteroatoms. The van der Waals surface area contributed by atoms with Gasteiger partial charge in [-0.05, 0) is 39.8 Å². The predicted molar refractivity (Wildman–Crippen MR) is 105 cm³/mol. The maximum absolute atomic E-state index is 5.66. The average molecular weight is 380 g/mol. The van der Waals surface area contributed by atoms with Gasteiger partial charge in [-0.25, -0.2) is 0 Å². The summed E-state index contributed by atoms with van der Waals surface area (Å²) in [6, 6.07) is 3.02. The zero-order valence-corrected chi connectivity index (χ0v) is 16.8. The number of hydrogen-bond acceptors (Lipinski definition) is 5. The Morgan fingerprint density at radius 3 is 2.69 bits per heavy atom. The van der Waals surface area contributed by atoms with E-state index in [9.17, 15) is 0 Å². The summed E-state index contributed by atoms with van der Waals surface area (Å²) < 4.78 is 8.15. The van der Waals surface area contributed by atoms with Crippen LogP contribution in [0.1, 0.15) is 61.4 Å². The number of piperazine rings is 1. The third-order valence-corrected chi connectivity index (χ3v) is 5.91. The lowest BCUT2D eigenvalue weighted by Gasteiger charge is -2.30. The molecule has 1 unspecified atom stereocenters. The van der Waals surface area contributed by atoms with Gasteiger partial charge >= 0.3 is 0 Å². The normalized spacial score (nSPS) is 22.3. The molecule has 2 aromatic heterocycles. The summed E-state index contributed by atoms with van der Waals surface area (Å²) in [5.41, 5.74) is 3.65. The van der Waals surface area contributed by atoms with Crippen LogP contribution in [0.4, 0.5) is 0 Å². The summed E-state index contributed by atoms with van der Waals surface area (Å²) in [7, 11) is 2.12. The minimum atomic E-state index is 0. The zero-order valence-electron chi connectivity index (χ0n) is 16.0. The van der Waals surface area contributed by atoms with E-state index < -0.39 is 0 Å². The fraction of sp³-hybridized carbons (Fsp3) is 0.684. The molecule has 0 radical (unpaired) electrons. The number of rotatable bonds is 3. The van der Waals surface area contributed by atoms with Gasteiger partial charge in [0.1, 0.15) is 0 Å². The monoisotopic (exact) mass is 379 g/mol. The first-order valence-corrected chi connectivity index (χ1v) is 9.58. The van der Waals surface area contributed by atoms with E-state index in [-0.39, 0.29) is 18.4 Å². The van der Waals surface area contributed by atoms with Crippen molar-refractivity contribution in [2.75, 3.05) is 26.7 Å². The molecule has 2 aliphatic rings. The Balaban J connectivity index is 0.00000196. The molecule has 144 valence electrons. The van der Waals surface area contributed by atoms with Crippen molar-refractivity contribution in [1.82, 2.24) is 24.9 Å². The van der Waals surface area contributed by atoms with Gasteiger partial charge in [0.25, 0.3) is 5.89 Å². The van der Waals surface area contributed by atoms with Crippen molar-refractivity contribution >= 4 is 12.4 Å². The molecule has 0 bridgehead atoms. The Morgan fingerprint density at radius 1 is 1.19 bits per heavy atom. The molecule has 0 spiro atoms. The molecule has 1 aliphatic carbocycles. The largest absolute Gasteiger partial charge is 0.345 e. The highest BCUT2D eigenvalue weighted by molar-refractivity contribution is 5.85. The molecule has 3 heterocycles. The molecule has 1 saturated carbocycles. The van der Waals surface area contributed by atoms with Gasteiger partial charge in [0.05, 0.1) is 11.6 Å². The van der Waals surface area contributed by atoms with Crippen LogP contribution in [-0.2, 0) is 0 Å². The van der Waals surface area contributed by atoms with Crippen LogP contribution in [-0.4, -0.2) is 46.3 Å². The van der Waals surface area contributed by atoms with Crippen molar-refractivity contribution in [3.63, 3.8) is 0 Å². The van der Waals surface area contributed by atoms with Crippen LogP contribution in [0.5, 0.6) is 0 Å². The molecular weight excluding hydrogens is 350 g/mol. The van der Waals surface area contributed by atoms with E-state index >= 15 is 0 Å². The first kappa shape index (κ1) is 19.4. The van der Waals surface area contributed by atoms with Crippen LogP contribution < -0.4 is 5.32 Å². The predicted octanol–water partition coefficient (Wildman–Crippen LogP) is 3.66. The third-order valence-electron chi connectivity index (χ3n) is 5.91. The number of aryl methyl sites for hydroxylation is 1. The fourth-order valence-corrected chi connectivity index (χ4v) is 4.47. The standard InChI is InChI=1S/C19H29N5O.ClH/c1-13-11-16(14(2)24(13)15-7-5-4-6-8-15)19-21-18(22-25-19)17-12-20-9-10-23(17)3;/h11,15,17,20H,4-10,12H2,1-3H3;1H. The van der Waals surface area contributed by atoms with Crippen LogP contribution in [0.2, 0.25) is 0 Å². The van der Waals surface area contributed by atoms with Gasteiger partial charge < -0.3 is 14.4 Å². The molecular formula is C19H30ClN5O. The average Bonchev–Trinajstić information content (AvgIpc) is 3.21. The van der Waals surface area contributed by atoms with Gasteiger partial charge in [0.15, 0.2) is 5.82 Å². The molecule has 2 fully saturated rings. The minimum absolute atomic E-state index is 0. The van der Waals surface area contributed by atoms with Crippen LogP contribution in [0.25, 0.3) is 11.5 Å². The maximum Gasteiger partial charge on any atom is 0.259 e. The van der Waals surface area contributed by atoms with Crippen LogP contribution >= 0.6 is 12.4 Å². The highest BCUT2D eigenvalue weighted by Crippen LogP contribution is 2.35. The molecule has 2 aromatic rings. The highest BCUT2D eigenvalue weighted by Gasteiger charge is 2.27. The van der Waals surface area contributed by atoms with Crippen LogP contribution in [0.15, 0.2) is 10.6 Å². The molecule has 0 aromatic carbocycles. The molecule has 26 heavy (non-hydrogen) atoms. The van der Waals surface area contributed by atoms with Crippen LogP contribution in [0.3, 0.4) is 0 Å². The van der Waals surface area contributed by atoms with E-state index in [0.717, 1.165) is 31.0 Å². The van der Waals surface area contributed by atoms with Crippen LogP contribution in [0, 0.1) is 13.8 Å². The number of likely N-dealkylation sites (N-methyl/N-ethyl adjacent to an activating group) is 1. The van der Waals surface area contributed by atoms with E-state index in [0.29, 0.717) is 11.9 Å². The molecule has 0 amide bonds. The van der Waals surface area contributed by atoms with Gasteiger partial charge in [0.2, 0.25) is 0 Å². The van der Waals surface area contributed by atoms with E-state index in [1.807, 2.05) is 0 Å². The zero-order chi connectivity index (χ0) is 17.4. The summed E-state index contributed by atoms with van der Waals surface area (Å²) in [6.45, 7) is 7.28. The molecule has 1 N–H and O–H groups in total. The Hall–Kier alpha value is -1.37. The van der Waals surface area contributed by atoms with Gasteiger partial charge in [-0.3, -0.25) is 4.90 Å². The Kier molecular flexibility index (Phi) is 6.05. The number of hydrogen-bond donors (Lipinski definition) is 1. The summed E-state index contributed by atoms with van der Waals surface area (Å²) in [6.07, 6.45) is 6.61. The fourth-order valence-electron chi connectivity index (χ4n) is 4.47. The third kappa shape index (κ3) is 3.55. The summed E-state index contributed by atoms with van der Waals surface area (Å²) >= 11 is 0. The van der Waals surface area contributed by atoms with Crippen molar-refractivity contribution in [2.24, 2.45) is 0 Å². The van der Waals surface area contributed by atoms with Gasteiger partial charge in [-0.2, -0.15) is 4.98 Å². The molecule has 6 nitrogen and oxygen atoms in total. The topological polar surface area (TPSA) is 59.1 Å². The maximum atomic E-state index is 5.66. The second-order valence-electron chi connectivity index (χ2n) is 7.60. The van der Waals surface area contributed by atoms with E-state index in [2.05, 4.69) is 46.9 Å². The van der Waals surface area contributed by atoms with Crippen molar-refractivity contribution in [2.45, 2.75) is 58.0 Å². The SMILES string of the molecule is Cc1cc(-c2nc(C3CNCCN3C)no2)c(C)n1C1CCCCC1.Cl. The van der Waals surface area contributed by atoms with E-state index in [4.69, 9.17) is 9.51 Å². The minimum Gasteiger partial charge on any atom is -0.345 e. The number of halogens is 1. The second kappa shape index (κ2) is 8.11. The molecule has 1 atom stereocenters. The highest BCUT2D eigenvalue weighted by atomic mass is 35.5. The first-order chi connectivity index (χ1) is 12.1. The second-order valence-corrected chi connectivity index (χ2v) is 7.60.